The highest BCUT2D eigenvalue weighted by atomic mass is 16.6. The molecule has 6 nitrogen and oxygen atoms in total. The van der Waals surface area contributed by atoms with Gasteiger partial charge in [-0.25, -0.2) is 0 Å². The van der Waals surface area contributed by atoms with Gasteiger partial charge < -0.3 is 10.2 Å². The van der Waals surface area contributed by atoms with Crippen LogP contribution in [0.3, 0.4) is 0 Å². The van der Waals surface area contributed by atoms with Crippen LogP contribution in [0.2, 0.25) is 0 Å². The number of nitro benzene ring substituents is 1. The fraction of sp³-hybridized carbons (Fsp3) is 0.188. The number of nitro groups is 1. The zero-order valence-electron chi connectivity index (χ0n) is 11.6. The quantitative estimate of drug-likeness (QED) is 0.682. The number of hydrazone groups is 1. The van der Waals surface area contributed by atoms with Gasteiger partial charge in [0.15, 0.2) is 0 Å². The summed E-state index contributed by atoms with van der Waals surface area (Å²) in [5.41, 5.74) is 6.20. The van der Waals surface area contributed by atoms with Gasteiger partial charge >= 0.3 is 0 Å². The Kier molecular flexibility index (Phi) is 2.82. The third-order valence-corrected chi connectivity index (χ3v) is 4.12. The number of rotatable bonds is 2. The maximum absolute atomic E-state index is 10.7. The van der Waals surface area contributed by atoms with Crippen molar-refractivity contribution in [2.24, 2.45) is 11.0 Å². The molecule has 0 aliphatic carbocycles. The molecule has 0 aromatic heterocycles. The molecule has 0 unspecified atom stereocenters. The summed E-state index contributed by atoms with van der Waals surface area (Å²) in [7, 11) is 0. The molecule has 22 heavy (non-hydrogen) atoms. The van der Waals surface area contributed by atoms with Gasteiger partial charge in [-0.05, 0) is 17.7 Å². The van der Waals surface area contributed by atoms with Crippen molar-refractivity contribution in [3.8, 4) is 5.75 Å². The van der Waals surface area contributed by atoms with Crippen molar-refractivity contribution in [3.63, 3.8) is 0 Å². The molecule has 0 bridgehead atoms. The van der Waals surface area contributed by atoms with Gasteiger partial charge in [-0.3, -0.25) is 10.1 Å². The molecule has 2 aromatic carbocycles. The molecule has 2 atom stereocenters. The maximum Gasteiger partial charge on any atom is 0.269 e. The molecule has 2 aliphatic rings. The van der Waals surface area contributed by atoms with Crippen molar-refractivity contribution in [1.82, 2.24) is 5.43 Å². The maximum atomic E-state index is 10.7. The molecule has 0 saturated heterocycles. The molecule has 6 heteroatoms. The summed E-state index contributed by atoms with van der Waals surface area (Å²) < 4.78 is 5.82. The summed E-state index contributed by atoms with van der Waals surface area (Å²) in [6.45, 7) is 0.546. The van der Waals surface area contributed by atoms with Crippen LogP contribution in [0, 0.1) is 16.0 Å². The molecule has 1 N–H and O–H groups in total. The molecule has 2 heterocycles. The Morgan fingerprint density at radius 1 is 1.18 bits per heavy atom. The fourth-order valence-corrected chi connectivity index (χ4v) is 3.00. The van der Waals surface area contributed by atoms with Gasteiger partial charge in [0.1, 0.15) is 5.75 Å². The highest BCUT2D eigenvalue weighted by Crippen LogP contribution is 2.37. The normalized spacial score (nSPS) is 21.9. The highest BCUT2D eigenvalue weighted by molar-refractivity contribution is 6.06. The van der Waals surface area contributed by atoms with Gasteiger partial charge in [-0.1, -0.05) is 24.3 Å². The van der Waals surface area contributed by atoms with Crippen LogP contribution >= 0.6 is 0 Å². The second-order valence-corrected chi connectivity index (χ2v) is 5.37. The monoisotopic (exact) mass is 295 g/mol. The first-order chi connectivity index (χ1) is 10.7. The van der Waals surface area contributed by atoms with Crippen LogP contribution in [0.5, 0.6) is 5.75 Å². The fourth-order valence-electron chi connectivity index (χ4n) is 3.00. The van der Waals surface area contributed by atoms with E-state index in [4.69, 9.17) is 4.74 Å². The molecule has 2 aliphatic heterocycles. The summed E-state index contributed by atoms with van der Waals surface area (Å²) in [6, 6.07) is 14.4. The van der Waals surface area contributed by atoms with Gasteiger partial charge in [0.05, 0.1) is 29.2 Å². The average Bonchev–Trinajstić information content (AvgIpc) is 2.99. The van der Waals surface area contributed by atoms with E-state index in [1.54, 1.807) is 12.1 Å². The van der Waals surface area contributed by atoms with Crippen molar-refractivity contribution < 1.29 is 9.66 Å². The van der Waals surface area contributed by atoms with Gasteiger partial charge in [0.25, 0.3) is 5.69 Å². The Labute approximate surface area is 126 Å². The van der Waals surface area contributed by atoms with E-state index in [0.29, 0.717) is 6.61 Å². The topological polar surface area (TPSA) is 76.8 Å². The number of non-ortho nitro benzene ring substituents is 1. The summed E-state index contributed by atoms with van der Waals surface area (Å²) in [6.07, 6.45) is 0. The van der Waals surface area contributed by atoms with Gasteiger partial charge in [0.2, 0.25) is 0 Å². The van der Waals surface area contributed by atoms with Crippen molar-refractivity contribution in [2.45, 2.75) is 6.04 Å². The van der Waals surface area contributed by atoms with E-state index in [2.05, 4.69) is 10.5 Å². The number of nitrogens with one attached hydrogen (secondary N) is 1. The van der Waals surface area contributed by atoms with E-state index in [1.165, 1.54) is 12.1 Å². The number of fused-ring (bicyclic) bond motifs is 3. The van der Waals surface area contributed by atoms with Crippen LogP contribution < -0.4 is 10.2 Å². The molecule has 0 radical (unpaired) electrons. The molecule has 4 rings (SSSR count). The first kappa shape index (κ1) is 12.8. The van der Waals surface area contributed by atoms with Crippen LogP contribution in [0.25, 0.3) is 0 Å². The van der Waals surface area contributed by atoms with Crippen molar-refractivity contribution in [3.05, 3.63) is 69.8 Å². The average molecular weight is 295 g/mol. The largest absolute Gasteiger partial charge is 0.492 e. The Balaban J connectivity index is 1.64. The lowest BCUT2D eigenvalue weighted by atomic mass is 9.86. The third kappa shape index (κ3) is 1.92. The van der Waals surface area contributed by atoms with Gasteiger partial charge in [-0.2, -0.15) is 5.10 Å². The van der Waals surface area contributed by atoms with Crippen molar-refractivity contribution in [1.29, 1.82) is 0 Å². The predicted molar refractivity (Wildman–Crippen MR) is 80.9 cm³/mol. The molecule has 0 spiro atoms. The minimum absolute atomic E-state index is 0.0239. The van der Waals surface area contributed by atoms with Crippen LogP contribution in [0.4, 0.5) is 5.69 Å². The Morgan fingerprint density at radius 2 is 1.95 bits per heavy atom. The van der Waals surface area contributed by atoms with Crippen LogP contribution in [-0.4, -0.2) is 17.2 Å². The minimum Gasteiger partial charge on any atom is -0.492 e. The van der Waals surface area contributed by atoms with Crippen LogP contribution in [0.15, 0.2) is 53.6 Å². The van der Waals surface area contributed by atoms with Crippen LogP contribution in [0.1, 0.15) is 17.2 Å². The van der Waals surface area contributed by atoms with E-state index in [-0.39, 0.29) is 17.6 Å². The van der Waals surface area contributed by atoms with Gasteiger partial charge in [0, 0.05) is 17.7 Å². The van der Waals surface area contributed by atoms with Gasteiger partial charge in [-0.15, -0.1) is 0 Å². The first-order valence-corrected chi connectivity index (χ1v) is 7.04. The SMILES string of the molecule is O=[N+]([O-])c1ccc([C@H]2NN=C3c4ccccc4OC[C@@H]32)cc1. The Hall–Kier alpha value is -2.89. The van der Waals surface area contributed by atoms with Crippen LogP contribution in [-0.2, 0) is 0 Å². The molecular weight excluding hydrogens is 282 g/mol. The smallest absolute Gasteiger partial charge is 0.269 e. The van der Waals surface area contributed by atoms with E-state index >= 15 is 0 Å². The third-order valence-electron chi connectivity index (χ3n) is 4.12. The number of ether oxygens (including phenoxy) is 1. The van der Waals surface area contributed by atoms with E-state index in [1.807, 2.05) is 24.3 Å². The first-order valence-electron chi connectivity index (χ1n) is 7.04. The summed E-state index contributed by atoms with van der Waals surface area (Å²) in [5.74, 6) is 0.958. The number of para-hydroxylation sites is 1. The number of benzene rings is 2. The zero-order chi connectivity index (χ0) is 15.1. The molecule has 0 fully saturated rings. The minimum atomic E-state index is -0.395. The van der Waals surface area contributed by atoms with E-state index in [9.17, 15) is 10.1 Å². The Morgan fingerprint density at radius 3 is 2.73 bits per heavy atom. The van der Waals surface area contributed by atoms with Crippen molar-refractivity contribution in [2.75, 3.05) is 6.61 Å². The number of nitrogens with zero attached hydrogens (tertiary/aromatic N) is 2. The zero-order valence-corrected chi connectivity index (χ0v) is 11.6. The molecule has 0 amide bonds. The molecule has 0 saturated carbocycles. The lowest BCUT2D eigenvalue weighted by Crippen LogP contribution is -2.31. The predicted octanol–water partition coefficient (Wildman–Crippen LogP) is 2.65. The Bertz CT molecular complexity index is 770. The summed E-state index contributed by atoms with van der Waals surface area (Å²) in [4.78, 5) is 10.4. The molecular formula is C16H13N3O3. The standard InChI is InChI=1S/C16H13N3O3/c20-19(21)11-7-5-10(6-8-11)15-13-9-22-14-4-2-1-3-12(14)16(13)18-17-15/h1-8,13,15,17H,9H2/t13-,15-/m1/s1. The van der Waals surface area contributed by atoms with E-state index in [0.717, 1.165) is 22.6 Å². The molecule has 2 aromatic rings. The summed E-state index contributed by atoms with van der Waals surface area (Å²) >= 11 is 0. The summed E-state index contributed by atoms with van der Waals surface area (Å²) in [5, 5.41) is 15.2. The van der Waals surface area contributed by atoms with E-state index < -0.39 is 4.92 Å². The second kappa shape index (κ2) is 4.84. The lowest BCUT2D eigenvalue weighted by molar-refractivity contribution is -0.384. The second-order valence-electron chi connectivity index (χ2n) is 5.37. The molecule has 110 valence electrons. The van der Waals surface area contributed by atoms with Crippen molar-refractivity contribution >= 4 is 11.4 Å². The number of hydrogen-bond donors (Lipinski definition) is 1. The number of hydrogen-bond acceptors (Lipinski definition) is 5. The highest BCUT2D eigenvalue weighted by Gasteiger charge is 2.38. The lowest BCUT2D eigenvalue weighted by Gasteiger charge is -2.26.